The average molecular weight is 604 g/mol. The number of fused-ring (bicyclic) bond motifs is 1. The van der Waals surface area contributed by atoms with Gasteiger partial charge in [0.15, 0.2) is 11.3 Å². The van der Waals surface area contributed by atoms with Crippen molar-refractivity contribution >= 4 is 44.5 Å². The summed E-state index contributed by atoms with van der Waals surface area (Å²) in [5.41, 5.74) is 4.89. The Balaban J connectivity index is 1.63. The van der Waals surface area contributed by atoms with E-state index < -0.39 is 11.5 Å². The minimum atomic E-state index is -0.436. The van der Waals surface area contributed by atoms with Crippen LogP contribution in [0.15, 0.2) is 88.1 Å². The zero-order chi connectivity index (χ0) is 26.9. The first-order valence-electron chi connectivity index (χ1n) is 12.7. The largest absolute Gasteiger partial charge is 0.287 e. The van der Waals surface area contributed by atoms with Crippen LogP contribution in [-0.2, 0) is 0 Å². The zero-order valence-electron chi connectivity index (χ0n) is 20.8. The lowest BCUT2D eigenvalue weighted by atomic mass is 10.1. The van der Waals surface area contributed by atoms with Crippen molar-refractivity contribution in [1.82, 2.24) is 29.8 Å². The van der Waals surface area contributed by atoms with E-state index >= 15 is 0 Å². The third-order valence-electron chi connectivity index (χ3n) is 6.72. The Morgan fingerprint density at radius 2 is 1.56 bits per heavy atom. The van der Waals surface area contributed by atoms with Crippen molar-refractivity contribution in [3.63, 3.8) is 0 Å². The van der Waals surface area contributed by atoms with Crippen molar-refractivity contribution in [1.29, 1.82) is 0 Å². The van der Waals surface area contributed by atoms with Crippen molar-refractivity contribution < 1.29 is 4.79 Å². The molecule has 0 bridgehead atoms. The zero-order valence-corrected chi connectivity index (χ0v) is 23.2. The summed E-state index contributed by atoms with van der Waals surface area (Å²) in [6.45, 7) is 1.51. The van der Waals surface area contributed by atoms with Gasteiger partial charge in [-0.05, 0) is 61.4 Å². The third-order valence-corrected chi connectivity index (χ3v) is 7.50. The normalized spacial score (nSPS) is 14.0. The number of hydrazine groups is 1. The molecule has 3 heterocycles. The first-order chi connectivity index (χ1) is 19.0. The summed E-state index contributed by atoms with van der Waals surface area (Å²) < 4.78 is 3.98. The summed E-state index contributed by atoms with van der Waals surface area (Å²) in [6, 6.07) is 23.9. The van der Waals surface area contributed by atoms with E-state index in [0.29, 0.717) is 27.9 Å². The second kappa shape index (κ2) is 10.8. The van der Waals surface area contributed by atoms with Crippen molar-refractivity contribution in [3.8, 4) is 22.8 Å². The molecule has 8 nitrogen and oxygen atoms in total. The second-order valence-electron chi connectivity index (χ2n) is 9.34. The first-order valence-corrected chi connectivity index (χ1v) is 13.9. The molecule has 6 rings (SSSR count). The van der Waals surface area contributed by atoms with Gasteiger partial charge in [-0.1, -0.05) is 64.3 Å². The van der Waals surface area contributed by atoms with Crippen LogP contribution in [-0.4, -0.2) is 43.3 Å². The minimum absolute atomic E-state index is 0.0296. The number of piperidine rings is 1. The summed E-state index contributed by atoms with van der Waals surface area (Å²) in [5.74, 6) is -0.0167. The van der Waals surface area contributed by atoms with E-state index in [1.807, 2.05) is 59.6 Å². The number of rotatable bonds is 5. The molecule has 39 heavy (non-hydrogen) atoms. The second-order valence-corrected chi connectivity index (χ2v) is 10.7. The van der Waals surface area contributed by atoms with E-state index in [2.05, 4.69) is 26.5 Å². The smallest absolute Gasteiger partial charge is 0.283 e. The molecule has 1 N–H and O–H groups in total. The van der Waals surface area contributed by atoms with Gasteiger partial charge in [-0.15, -0.1) is 0 Å². The van der Waals surface area contributed by atoms with Crippen LogP contribution in [0.5, 0.6) is 0 Å². The molecule has 0 spiro atoms. The molecule has 1 saturated heterocycles. The van der Waals surface area contributed by atoms with Crippen LogP contribution in [0.3, 0.4) is 0 Å². The number of carbonyl (C=O) groups excluding carboxylic acids is 1. The van der Waals surface area contributed by atoms with Gasteiger partial charge in [-0.3, -0.25) is 19.6 Å². The number of halogens is 2. The van der Waals surface area contributed by atoms with Crippen LogP contribution in [0, 0.1) is 0 Å². The Kier molecular flexibility index (Phi) is 7.03. The molecule has 1 aliphatic heterocycles. The molecular weight excluding hydrogens is 580 g/mol. The number of nitrogens with zero attached hydrogens (tertiary/aromatic N) is 5. The lowest BCUT2D eigenvalue weighted by Crippen LogP contribution is -2.45. The van der Waals surface area contributed by atoms with Gasteiger partial charge in [0, 0.05) is 28.1 Å². The number of hydrogen-bond donors (Lipinski definition) is 1. The van der Waals surface area contributed by atoms with Crippen LogP contribution < -0.4 is 11.0 Å². The predicted molar refractivity (Wildman–Crippen MR) is 155 cm³/mol. The summed E-state index contributed by atoms with van der Waals surface area (Å²) in [7, 11) is 0. The van der Waals surface area contributed by atoms with E-state index in [1.165, 1.54) is 4.57 Å². The Morgan fingerprint density at radius 3 is 2.26 bits per heavy atom. The van der Waals surface area contributed by atoms with Gasteiger partial charge in [-0.2, -0.15) is 5.10 Å². The van der Waals surface area contributed by atoms with E-state index in [4.69, 9.17) is 16.6 Å². The Labute approximate surface area is 237 Å². The molecule has 0 radical (unpaired) electrons. The standard InChI is InChI=1S/C29H24BrClN6O2/c30-20-11-9-19(10-12-20)26-32-27-24(29(39)36(26)22-15-13-21(31)14-16-22)25(28(38)34-35-17-5-2-6-18-35)33-37(27)23-7-3-1-4-8-23/h1,3-4,7-16H,2,5-6,17-18H2,(H,34,38). The highest BCUT2D eigenvalue weighted by molar-refractivity contribution is 9.10. The fourth-order valence-electron chi connectivity index (χ4n) is 4.80. The van der Waals surface area contributed by atoms with E-state index in [9.17, 15) is 9.59 Å². The molecule has 10 heteroatoms. The maximum Gasteiger partial charge on any atom is 0.287 e. The molecule has 0 unspecified atom stereocenters. The molecular formula is C29H24BrClN6O2. The van der Waals surface area contributed by atoms with Gasteiger partial charge in [0.25, 0.3) is 11.5 Å². The highest BCUT2D eigenvalue weighted by Crippen LogP contribution is 2.27. The SMILES string of the molecule is O=C(NN1CCCCC1)c1nn(-c2ccccc2)c2nc(-c3ccc(Br)cc3)n(-c3ccc(Cl)cc3)c(=O)c12. The molecule has 1 aliphatic rings. The van der Waals surface area contributed by atoms with Crippen molar-refractivity contribution in [2.24, 2.45) is 0 Å². The lowest BCUT2D eigenvalue weighted by Gasteiger charge is -2.26. The fourth-order valence-corrected chi connectivity index (χ4v) is 5.19. The summed E-state index contributed by atoms with van der Waals surface area (Å²) in [4.78, 5) is 32.9. The molecule has 0 aliphatic carbocycles. The van der Waals surface area contributed by atoms with Gasteiger partial charge < -0.3 is 0 Å². The topological polar surface area (TPSA) is 85.1 Å². The molecule has 1 fully saturated rings. The van der Waals surface area contributed by atoms with Crippen LogP contribution in [0.25, 0.3) is 33.8 Å². The average Bonchev–Trinajstić information content (AvgIpc) is 3.35. The maximum atomic E-state index is 14.4. The highest BCUT2D eigenvalue weighted by Gasteiger charge is 2.27. The highest BCUT2D eigenvalue weighted by atomic mass is 79.9. The molecule has 2 aromatic heterocycles. The number of benzene rings is 3. The lowest BCUT2D eigenvalue weighted by molar-refractivity contribution is 0.0746. The summed E-state index contributed by atoms with van der Waals surface area (Å²) in [6.07, 6.45) is 3.13. The number of nitrogens with one attached hydrogen (secondary N) is 1. The number of aromatic nitrogens is 4. The fraction of sp³-hybridized carbons (Fsp3) is 0.172. The quantitative estimate of drug-likeness (QED) is 0.275. The molecule has 1 amide bonds. The first kappa shape index (κ1) is 25.5. The molecule has 3 aromatic carbocycles. The maximum absolute atomic E-state index is 14.4. The van der Waals surface area contributed by atoms with Crippen LogP contribution >= 0.6 is 27.5 Å². The minimum Gasteiger partial charge on any atom is -0.283 e. The van der Waals surface area contributed by atoms with E-state index in [1.54, 1.807) is 28.9 Å². The summed E-state index contributed by atoms with van der Waals surface area (Å²) in [5, 5.41) is 7.24. The van der Waals surface area contributed by atoms with E-state index in [0.717, 1.165) is 42.4 Å². The van der Waals surface area contributed by atoms with Gasteiger partial charge in [0.2, 0.25) is 0 Å². The van der Waals surface area contributed by atoms with Crippen LogP contribution in [0.2, 0.25) is 5.02 Å². The van der Waals surface area contributed by atoms with Crippen LogP contribution in [0.1, 0.15) is 29.8 Å². The number of hydrogen-bond acceptors (Lipinski definition) is 5. The molecule has 0 atom stereocenters. The summed E-state index contributed by atoms with van der Waals surface area (Å²) >= 11 is 9.64. The monoisotopic (exact) mass is 602 g/mol. The Hall–Kier alpha value is -3.79. The van der Waals surface area contributed by atoms with Crippen molar-refractivity contribution in [3.05, 3.63) is 104 Å². The molecule has 196 valence electrons. The van der Waals surface area contributed by atoms with Gasteiger partial charge >= 0.3 is 0 Å². The Morgan fingerprint density at radius 1 is 0.872 bits per heavy atom. The van der Waals surface area contributed by atoms with Gasteiger partial charge in [0.1, 0.15) is 11.2 Å². The van der Waals surface area contributed by atoms with Crippen molar-refractivity contribution in [2.75, 3.05) is 13.1 Å². The predicted octanol–water partition coefficient (Wildman–Crippen LogP) is 5.79. The third kappa shape index (κ3) is 5.01. The van der Waals surface area contributed by atoms with Crippen molar-refractivity contribution in [2.45, 2.75) is 19.3 Å². The van der Waals surface area contributed by atoms with Gasteiger partial charge in [0.05, 0.1) is 11.4 Å². The van der Waals surface area contributed by atoms with E-state index in [-0.39, 0.29) is 11.1 Å². The van der Waals surface area contributed by atoms with Crippen LogP contribution in [0.4, 0.5) is 0 Å². The Bertz CT molecular complexity index is 1710. The number of amides is 1. The number of para-hydroxylation sites is 1. The van der Waals surface area contributed by atoms with Gasteiger partial charge in [-0.25, -0.2) is 14.7 Å². The molecule has 5 aromatic rings. The molecule has 0 saturated carbocycles. The number of carbonyl (C=O) groups is 1.